The number of esters is 1. The number of rotatable bonds is 8. The number of hydrogen-bond acceptors (Lipinski definition) is 4. The number of nitrogens with one attached hydrogen (secondary N) is 1. The highest BCUT2D eigenvalue weighted by Gasteiger charge is 2.32. The second-order valence-electron chi connectivity index (χ2n) is 4.86. The molecule has 4 nitrogen and oxygen atoms in total. The van der Waals surface area contributed by atoms with Gasteiger partial charge < -0.3 is 14.8 Å². The van der Waals surface area contributed by atoms with Gasteiger partial charge in [0.2, 0.25) is 5.82 Å². The Morgan fingerprint density at radius 1 is 1.38 bits per heavy atom. The van der Waals surface area contributed by atoms with Crippen LogP contribution in [0, 0.1) is 11.6 Å². The summed E-state index contributed by atoms with van der Waals surface area (Å²) in [5.41, 5.74) is -0.812. The Morgan fingerprint density at radius 2 is 2.10 bits per heavy atom. The molecule has 1 rings (SSSR count). The lowest BCUT2D eigenvalue weighted by Gasteiger charge is -2.27. The SMILES string of the molecule is CCNC(C)(CCCOc1cccc(F)c1F)C(=O)OC. The van der Waals surface area contributed by atoms with Crippen molar-refractivity contribution < 1.29 is 23.0 Å². The first-order chi connectivity index (χ1) is 9.94. The third-order valence-corrected chi connectivity index (χ3v) is 3.20. The summed E-state index contributed by atoms with van der Waals surface area (Å²) in [7, 11) is 1.33. The topological polar surface area (TPSA) is 47.6 Å². The molecule has 0 saturated carbocycles. The summed E-state index contributed by atoms with van der Waals surface area (Å²) in [5.74, 6) is -2.43. The van der Waals surface area contributed by atoms with Crippen molar-refractivity contribution >= 4 is 5.97 Å². The summed E-state index contributed by atoms with van der Waals surface area (Å²) in [4.78, 5) is 11.8. The van der Waals surface area contributed by atoms with Gasteiger partial charge in [-0.25, -0.2) is 4.39 Å². The van der Waals surface area contributed by atoms with Gasteiger partial charge in [-0.3, -0.25) is 4.79 Å². The van der Waals surface area contributed by atoms with E-state index >= 15 is 0 Å². The molecule has 0 amide bonds. The molecule has 118 valence electrons. The van der Waals surface area contributed by atoms with Crippen LogP contribution < -0.4 is 10.1 Å². The number of likely N-dealkylation sites (N-methyl/N-ethyl adjacent to an activating group) is 1. The lowest BCUT2D eigenvalue weighted by atomic mass is 9.96. The fourth-order valence-electron chi connectivity index (χ4n) is 2.08. The molecule has 0 aliphatic rings. The van der Waals surface area contributed by atoms with Crippen LogP contribution in [-0.4, -0.2) is 31.8 Å². The van der Waals surface area contributed by atoms with E-state index in [0.29, 0.717) is 19.4 Å². The molecule has 0 heterocycles. The van der Waals surface area contributed by atoms with E-state index in [2.05, 4.69) is 5.32 Å². The lowest BCUT2D eigenvalue weighted by molar-refractivity contribution is -0.148. The van der Waals surface area contributed by atoms with E-state index in [1.165, 1.54) is 19.2 Å². The molecule has 21 heavy (non-hydrogen) atoms. The fraction of sp³-hybridized carbons (Fsp3) is 0.533. The first-order valence-electron chi connectivity index (χ1n) is 6.85. The Balaban J connectivity index is 2.51. The van der Waals surface area contributed by atoms with Gasteiger partial charge in [0.1, 0.15) is 5.54 Å². The van der Waals surface area contributed by atoms with Gasteiger partial charge in [0, 0.05) is 0 Å². The van der Waals surface area contributed by atoms with Gasteiger partial charge >= 0.3 is 5.97 Å². The molecule has 0 radical (unpaired) electrons. The van der Waals surface area contributed by atoms with Crippen molar-refractivity contribution in [2.45, 2.75) is 32.2 Å². The second-order valence-corrected chi connectivity index (χ2v) is 4.86. The lowest BCUT2D eigenvalue weighted by Crippen LogP contribution is -2.50. The van der Waals surface area contributed by atoms with Crippen LogP contribution in [0.4, 0.5) is 8.78 Å². The van der Waals surface area contributed by atoms with E-state index < -0.39 is 17.2 Å². The van der Waals surface area contributed by atoms with E-state index in [-0.39, 0.29) is 18.3 Å². The maximum absolute atomic E-state index is 13.4. The first kappa shape index (κ1) is 17.4. The second kappa shape index (κ2) is 7.93. The molecule has 0 aliphatic heterocycles. The van der Waals surface area contributed by atoms with Crippen LogP contribution in [0.1, 0.15) is 26.7 Å². The molecule has 0 bridgehead atoms. The van der Waals surface area contributed by atoms with Gasteiger partial charge in [0.05, 0.1) is 13.7 Å². The van der Waals surface area contributed by atoms with Gasteiger partial charge in [-0.2, -0.15) is 4.39 Å². The van der Waals surface area contributed by atoms with Gasteiger partial charge in [0.15, 0.2) is 11.6 Å². The van der Waals surface area contributed by atoms with Crippen molar-refractivity contribution in [3.05, 3.63) is 29.8 Å². The molecule has 0 aromatic heterocycles. The Kier molecular flexibility index (Phi) is 6.55. The van der Waals surface area contributed by atoms with Crippen molar-refractivity contribution in [1.29, 1.82) is 0 Å². The molecule has 1 atom stereocenters. The number of halogens is 2. The Labute approximate surface area is 123 Å². The van der Waals surface area contributed by atoms with Crippen LogP contribution in [0.5, 0.6) is 5.75 Å². The highest BCUT2D eigenvalue weighted by atomic mass is 19.2. The quantitative estimate of drug-likeness (QED) is 0.592. The Hall–Kier alpha value is -1.69. The standard InChI is InChI=1S/C15H21F2NO3/c1-4-18-15(2,14(19)20-3)9-6-10-21-12-8-5-7-11(16)13(12)17/h5,7-8,18H,4,6,9-10H2,1-3H3. The molecule has 0 saturated heterocycles. The maximum atomic E-state index is 13.4. The summed E-state index contributed by atoms with van der Waals surface area (Å²) in [6.45, 7) is 4.42. The average molecular weight is 301 g/mol. The zero-order valence-electron chi connectivity index (χ0n) is 12.5. The van der Waals surface area contributed by atoms with E-state index in [1.54, 1.807) is 6.92 Å². The van der Waals surface area contributed by atoms with Gasteiger partial charge in [-0.1, -0.05) is 13.0 Å². The molecule has 1 N–H and O–H groups in total. The van der Waals surface area contributed by atoms with Crippen molar-refractivity contribution in [2.24, 2.45) is 0 Å². The van der Waals surface area contributed by atoms with E-state index in [1.807, 2.05) is 6.92 Å². The van der Waals surface area contributed by atoms with Gasteiger partial charge in [0.25, 0.3) is 0 Å². The monoisotopic (exact) mass is 301 g/mol. The minimum Gasteiger partial charge on any atom is -0.490 e. The molecular formula is C15H21F2NO3. The number of carbonyl (C=O) groups excluding carboxylic acids is 1. The van der Waals surface area contributed by atoms with Crippen LogP contribution in [0.2, 0.25) is 0 Å². The van der Waals surface area contributed by atoms with E-state index in [4.69, 9.17) is 9.47 Å². The Morgan fingerprint density at radius 3 is 2.71 bits per heavy atom. The summed E-state index contributed by atoms with van der Waals surface area (Å²) < 4.78 is 36.4. The molecular weight excluding hydrogens is 280 g/mol. The summed E-state index contributed by atoms with van der Waals surface area (Å²) in [6, 6.07) is 3.77. The van der Waals surface area contributed by atoms with Crippen LogP contribution in [0.3, 0.4) is 0 Å². The zero-order chi connectivity index (χ0) is 15.9. The molecule has 0 aliphatic carbocycles. The molecule has 6 heteroatoms. The smallest absolute Gasteiger partial charge is 0.325 e. The van der Waals surface area contributed by atoms with Crippen LogP contribution in [-0.2, 0) is 9.53 Å². The largest absolute Gasteiger partial charge is 0.490 e. The number of methoxy groups -OCH3 is 1. The van der Waals surface area contributed by atoms with E-state index in [9.17, 15) is 13.6 Å². The highest BCUT2D eigenvalue weighted by Crippen LogP contribution is 2.20. The summed E-state index contributed by atoms with van der Waals surface area (Å²) in [5, 5.41) is 3.06. The van der Waals surface area contributed by atoms with Crippen LogP contribution in [0.15, 0.2) is 18.2 Å². The van der Waals surface area contributed by atoms with E-state index in [0.717, 1.165) is 6.07 Å². The van der Waals surface area contributed by atoms with Crippen molar-refractivity contribution in [1.82, 2.24) is 5.32 Å². The molecule has 1 unspecified atom stereocenters. The maximum Gasteiger partial charge on any atom is 0.325 e. The van der Waals surface area contributed by atoms with Gasteiger partial charge in [-0.05, 0) is 38.4 Å². The van der Waals surface area contributed by atoms with Crippen LogP contribution in [0.25, 0.3) is 0 Å². The van der Waals surface area contributed by atoms with Crippen molar-refractivity contribution in [3.63, 3.8) is 0 Å². The Bertz CT molecular complexity index is 482. The predicted octanol–water partition coefficient (Wildman–Crippen LogP) is 2.67. The normalized spacial score (nSPS) is 13.6. The van der Waals surface area contributed by atoms with Crippen LogP contribution >= 0.6 is 0 Å². The third-order valence-electron chi connectivity index (χ3n) is 3.20. The minimum absolute atomic E-state index is 0.127. The van der Waals surface area contributed by atoms with Gasteiger partial charge in [-0.15, -0.1) is 0 Å². The van der Waals surface area contributed by atoms with Crippen molar-refractivity contribution in [2.75, 3.05) is 20.3 Å². The average Bonchev–Trinajstić information content (AvgIpc) is 2.47. The third kappa shape index (κ3) is 4.67. The first-order valence-corrected chi connectivity index (χ1v) is 6.85. The number of ether oxygens (including phenoxy) is 2. The highest BCUT2D eigenvalue weighted by molar-refractivity contribution is 5.80. The minimum atomic E-state index is -1.00. The molecule has 1 aromatic carbocycles. The molecule has 0 spiro atoms. The van der Waals surface area contributed by atoms with Crippen molar-refractivity contribution in [3.8, 4) is 5.75 Å². The summed E-state index contributed by atoms with van der Waals surface area (Å²) >= 11 is 0. The number of hydrogen-bond donors (Lipinski definition) is 1. The fourth-order valence-corrected chi connectivity index (χ4v) is 2.08. The zero-order valence-corrected chi connectivity index (χ0v) is 12.5. The summed E-state index contributed by atoms with van der Waals surface area (Å²) in [6.07, 6.45) is 0.957. The molecule has 0 fully saturated rings. The number of carbonyl (C=O) groups is 1. The molecule has 1 aromatic rings. The predicted molar refractivity (Wildman–Crippen MR) is 75.2 cm³/mol. The number of benzene rings is 1.